The molecule has 0 saturated heterocycles. The second-order valence-electron chi connectivity index (χ2n) is 3.29. The Labute approximate surface area is 90.2 Å². The molecule has 3 heteroatoms. The number of rotatable bonds is 5. The lowest BCUT2D eigenvalue weighted by atomic mass is 9.96. The number of hydrogen-bond acceptors (Lipinski definition) is 3. The fourth-order valence-electron chi connectivity index (χ4n) is 1.52. The van der Waals surface area contributed by atoms with Crippen LogP contribution in [0.2, 0.25) is 0 Å². The average molecular weight is 207 g/mol. The molecule has 0 bridgehead atoms. The lowest BCUT2D eigenvalue weighted by Gasteiger charge is -2.14. The van der Waals surface area contributed by atoms with Crippen LogP contribution in [0.3, 0.4) is 0 Å². The summed E-state index contributed by atoms with van der Waals surface area (Å²) in [6.07, 6.45) is 0.628. The van der Waals surface area contributed by atoms with E-state index in [1.165, 1.54) is 0 Å². The second kappa shape index (κ2) is 6.19. The zero-order valence-corrected chi connectivity index (χ0v) is 8.98. The summed E-state index contributed by atoms with van der Waals surface area (Å²) in [6.45, 7) is 2.70. The van der Waals surface area contributed by atoms with Gasteiger partial charge in [-0.25, -0.2) is 0 Å². The van der Waals surface area contributed by atoms with Crippen molar-refractivity contribution in [2.75, 3.05) is 13.2 Å². The van der Waals surface area contributed by atoms with Gasteiger partial charge in [0.05, 0.1) is 12.5 Å². The number of carbonyl (C=O) groups excluding carboxylic acids is 1. The van der Waals surface area contributed by atoms with E-state index < -0.39 is 0 Å². The summed E-state index contributed by atoms with van der Waals surface area (Å²) in [5, 5.41) is 0. The highest BCUT2D eigenvalue weighted by atomic mass is 16.5. The summed E-state index contributed by atoms with van der Waals surface area (Å²) in [5.41, 5.74) is 6.47. The van der Waals surface area contributed by atoms with Crippen molar-refractivity contribution >= 4 is 5.97 Å². The topological polar surface area (TPSA) is 52.3 Å². The van der Waals surface area contributed by atoms with Crippen molar-refractivity contribution in [1.82, 2.24) is 0 Å². The van der Waals surface area contributed by atoms with Crippen LogP contribution >= 0.6 is 0 Å². The Morgan fingerprint density at radius 2 is 2.07 bits per heavy atom. The first-order chi connectivity index (χ1) is 7.29. The first kappa shape index (κ1) is 11.7. The van der Waals surface area contributed by atoms with Crippen LogP contribution in [-0.4, -0.2) is 19.1 Å². The van der Waals surface area contributed by atoms with E-state index in [-0.39, 0.29) is 11.9 Å². The van der Waals surface area contributed by atoms with E-state index in [1.807, 2.05) is 37.3 Å². The number of hydrogen-bond donors (Lipinski definition) is 1. The maximum absolute atomic E-state index is 11.7. The zero-order valence-electron chi connectivity index (χ0n) is 8.98. The smallest absolute Gasteiger partial charge is 0.313 e. The Hall–Kier alpha value is -1.35. The molecule has 0 aliphatic rings. The molecule has 0 heterocycles. The standard InChI is InChI=1S/C12H17NO2/c1-2-15-12(14)11(8-9-13)10-6-4-3-5-7-10/h3-7,11H,2,8-9,13H2,1H3. The van der Waals surface area contributed by atoms with Crippen molar-refractivity contribution in [2.45, 2.75) is 19.3 Å². The molecule has 0 radical (unpaired) electrons. The van der Waals surface area contributed by atoms with Crippen LogP contribution in [0.15, 0.2) is 30.3 Å². The molecule has 1 aromatic carbocycles. The molecule has 1 aromatic rings. The highest BCUT2D eigenvalue weighted by molar-refractivity contribution is 5.78. The molecule has 1 unspecified atom stereocenters. The highest BCUT2D eigenvalue weighted by Gasteiger charge is 2.20. The monoisotopic (exact) mass is 207 g/mol. The maximum atomic E-state index is 11.7. The van der Waals surface area contributed by atoms with Gasteiger partial charge in [-0.15, -0.1) is 0 Å². The van der Waals surface area contributed by atoms with Crippen molar-refractivity contribution in [3.8, 4) is 0 Å². The van der Waals surface area contributed by atoms with E-state index in [1.54, 1.807) is 0 Å². The van der Waals surface area contributed by atoms with Gasteiger partial charge in [-0.3, -0.25) is 4.79 Å². The summed E-state index contributed by atoms with van der Waals surface area (Å²) in [5.74, 6) is -0.412. The fraction of sp³-hybridized carbons (Fsp3) is 0.417. The minimum Gasteiger partial charge on any atom is -0.466 e. The molecule has 3 nitrogen and oxygen atoms in total. The van der Waals surface area contributed by atoms with Crippen molar-refractivity contribution in [3.05, 3.63) is 35.9 Å². The van der Waals surface area contributed by atoms with Gasteiger partial charge in [0, 0.05) is 0 Å². The molecular formula is C12H17NO2. The van der Waals surface area contributed by atoms with E-state index in [4.69, 9.17) is 10.5 Å². The van der Waals surface area contributed by atoms with Crippen molar-refractivity contribution < 1.29 is 9.53 Å². The minimum absolute atomic E-state index is 0.186. The predicted molar refractivity (Wildman–Crippen MR) is 59.5 cm³/mol. The zero-order chi connectivity index (χ0) is 11.1. The van der Waals surface area contributed by atoms with E-state index in [2.05, 4.69) is 0 Å². The summed E-state index contributed by atoms with van der Waals surface area (Å²) in [4.78, 5) is 11.7. The third kappa shape index (κ3) is 3.36. The largest absolute Gasteiger partial charge is 0.466 e. The fourth-order valence-corrected chi connectivity index (χ4v) is 1.52. The van der Waals surface area contributed by atoms with Crippen LogP contribution in [0.5, 0.6) is 0 Å². The van der Waals surface area contributed by atoms with Gasteiger partial charge in [0.25, 0.3) is 0 Å². The summed E-state index contributed by atoms with van der Waals surface area (Å²) >= 11 is 0. The minimum atomic E-state index is -0.226. The van der Waals surface area contributed by atoms with Crippen LogP contribution in [0.1, 0.15) is 24.8 Å². The van der Waals surface area contributed by atoms with Crippen LogP contribution < -0.4 is 5.73 Å². The SMILES string of the molecule is CCOC(=O)C(CCN)c1ccccc1. The van der Waals surface area contributed by atoms with Crippen LogP contribution in [0, 0.1) is 0 Å². The molecule has 2 N–H and O–H groups in total. The number of carbonyl (C=O) groups is 1. The molecule has 0 spiro atoms. The average Bonchev–Trinajstić information content (AvgIpc) is 2.27. The number of benzene rings is 1. The quantitative estimate of drug-likeness (QED) is 0.747. The molecule has 0 aliphatic heterocycles. The number of ether oxygens (including phenoxy) is 1. The Morgan fingerprint density at radius 1 is 1.40 bits per heavy atom. The molecule has 15 heavy (non-hydrogen) atoms. The van der Waals surface area contributed by atoms with Gasteiger partial charge in [-0.05, 0) is 25.5 Å². The number of esters is 1. The van der Waals surface area contributed by atoms with E-state index >= 15 is 0 Å². The molecule has 0 aromatic heterocycles. The Balaban J connectivity index is 2.78. The maximum Gasteiger partial charge on any atom is 0.313 e. The molecule has 0 aliphatic carbocycles. The Bertz CT molecular complexity index is 298. The third-order valence-electron chi connectivity index (χ3n) is 2.23. The molecule has 0 amide bonds. The van der Waals surface area contributed by atoms with Gasteiger partial charge in [-0.1, -0.05) is 30.3 Å². The van der Waals surface area contributed by atoms with Gasteiger partial charge in [0.2, 0.25) is 0 Å². The van der Waals surface area contributed by atoms with Gasteiger partial charge in [0.1, 0.15) is 0 Å². The first-order valence-corrected chi connectivity index (χ1v) is 5.21. The molecule has 1 atom stereocenters. The lowest BCUT2D eigenvalue weighted by molar-refractivity contribution is -0.145. The van der Waals surface area contributed by atoms with Gasteiger partial charge < -0.3 is 10.5 Å². The molecule has 0 fully saturated rings. The summed E-state index contributed by atoms with van der Waals surface area (Å²) in [7, 11) is 0. The highest BCUT2D eigenvalue weighted by Crippen LogP contribution is 2.20. The van der Waals surface area contributed by atoms with Crippen molar-refractivity contribution in [1.29, 1.82) is 0 Å². The van der Waals surface area contributed by atoms with Crippen molar-refractivity contribution in [2.24, 2.45) is 5.73 Å². The summed E-state index contributed by atoms with van der Waals surface area (Å²) in [6, 6.07) is 9.61. The second-order valence-corrected chi connectivity index (χ2v) is 3.29. The predicted octanol–water partition coefficient (Wildman–Crippen LogP) is 1.68. The Kier molecular flexibility index (Phi) is 4.84. The molecule has 82 valence electrons. The number of nitrogens with two attached hydrogens (primary N) is 1. The normalized spacial score (nSPS) is 12.1. The van der Waals surface area contributed by atoms with Crippen LogP contribution in [0.4, 0.5) is 0 Å². The first-order valence-electron chi connectivity index (χ1n) is 5.21. The lowest BCUT2D eigenvalue weighted by Crippen LogP contribution is -2.19. The van der Waals surface area contributed by atoms with Crippen LogP contribution in [-0.2, 0) is 9.53 Å². The van der Waals surface area contributed by atoms with Gasteiger partial charge >= 0.3 is 5.97 Å². The van der Waals surface area contributed by atoms with Crippen LogP contribution in [0.25, 0.3) is 0 Å². The van der Waals surface area contributed by atoms with Gasteiger partial charge in [0.15, 0.2) is 0 Å². The molecule has 1 rings (SSSR count). The third-order valence-corrected chi connectivity index (χ3v) is 2.23. The molecule has 0 saturated carbocycles. The summed E-state index contributed by atoms with van der Waals surface area (Å²) < 4.78 is 5.02. The van der Waals surface area contributed by atoms with Gasteiger partial charge in [-0.2, -0.15) is 0 Å². The van der Waals surface area contributed by atoms with Crippen molar-refractivity contribution in [3.63, 3.8) is 0 Å². The Morgan fingerprint density at radius 3 is 2.60 bits per heavy atom. The van der Waals surface area contributed by atoms with E-state index in [0.717, 1.165) is 5.56 Å². The molecular weight excluding hydrogens is 190 g/mol. The van der Waals surface area contributed by atoms with E-state index in [9.17, 15) is 4.79 Å². The van der Waals surface area contributed by atoms with E-state index in [0.29, 0.717) is 19.6 Å².